The van der Waals surface area contributed by atoms with Crippen LogP contribution < -0.4 is 0 Å². The average Bonchev–Trinajstić information content (AvgIpc) is 3.37. The van der Waals surface area contributed by atoms with Gasteiger partial charge in [0.05, 0.1) is 0 Å². The Bertz CT molecular complexity index is 372. The largest absolute Gasteiger partial charge is 0.302 e. The van der Waals surface area contributed by atoms with Crippen LogP contribution in [0.1, 0.15) is 39.5 Å². The van der Waals surface area contributed by atoms with E-state index in [-0.39, 0.29) is 0 Å². The van der Waals surface area contributed by atoms with E-state index in [1.54, 1.807) is 0 Å². The Morgan fingerprint density at radius 1 is 0.864 bits per heavy atom. The second kappa shape index (κ2) is 6.07. The fraction of sp³-hybridized carbons (Fsp3) is 1.00. The smallest absolute Gasteiger partial charge is 0.0110 e. The minimum atomic E-state index is 0.761. The number of likely N-dealkylation sites (N-methyl/N-ethyl adjacent to an activating group) is 1. The molecule has 0 spiro atoms. The quantitative estimate of drug-likeness (QED) is 0.715. The molecule has 2 saturated carbocycles. The van der Waals surface area contributed by atoms with E-state index in [9.17, 15) is 0 Å². The van der Waals surface area contributed by atoms with Crippen LogP contribution in [0.5, 0.6) is 0 Å². The van der Waals surface area contributed by atoms with Crippen LogP contribution in [0, 0.1) is 23.2 Å². The molecule has 2 heterocycles. The van der Waals surface area contributed by atoms with Gasteiger partial charge in [-0.05, 0) is 49.0 Å². The van der Waals surface area contributed by atoms with Gasteiger partial charge >= 0.3 is 0 Å². The van der Waals surface area contributed by atoms with Gasteiger partial charge in [0.2, 0.25) is 0 Å². The fourth-order valence-electron chi connectivity index (χ4n) is 5.39. The number of piperidine rings is 1. The van der Waals surface area contributed by atoms with Crippen LogP contribution in [0.25, 0.3) is 0 Å². The first-order valence-electron chi connectivity index (χ1n) is 9.90. The summed E-state index contributed by atoms with van der Waals surface area (Å²) in [6, 6.07) is 0. The van der Waals surface area contributed by atoms with Gasteiger partial charge in [-0.25, -0.2) is 0 Å². The van der Waals surface area contributed by atoms with Crippen molar-refractivity contribution in [2.24, 2.45) is 23.2 Å². The zero-order valence-electron chi connectivity index (χ0n) is 14.8. The van der Waals surface area contributed by atoms with E-state index in [0.29, 0.717) is 0 Å². The highest BCUT2D eigenvalue weighted by Gasteiger charge is 2.57. The Morgan fingerprint density at radius 2 is 1.50 bits per heavy atom. The second-order valence-electron chi connectivity index (χ2n) is 8.67. The summed E-state index contributed by atoms with van der Waals surface area (Å²) in [6.07, 6.45) is 5.88. The third-order valence-corrected chi connectivity index (χ3v) is 7.12. The van der Waals surface area contributed by atoms with Crippen molar-refractivity contribution in [3.8, 4) is 0 Å². The molecule has 2 aliphatic heterocycles. The molecule has 4 aliphatic rings. The van der Waals surface area contributed by atoms with Crippen LogP contribution in [0.3, 0.4) is 0 Å². The molecule has 2 aliphatic carbocycles. The molecule has 0 aromatic carbocycles. The monoisotopic (exact) mass is 305 g/mol. The van der Waals surface area contributed by atoms with Crippen LogP contribution in [-0.2, 0) is 0 Å². The lowest BCUT2D eigenvalue weighted by atomic mass is 10.00. The molecule has 126 valence electrons. The topological polar surface area (TPSA) is 9.72 Å². The molecule has 0 aromatic rings. The van der Waals surface area contributed by atoms with Crippen molar-refractivity contribution in [3.05, 3.63) is 0 Å². The number of likely N-dealkylation sites (tertiary alicyclic amines) is 1. The molecule has 3 heteroatoms. The molecular formula is C19H35N3. The van der Waals surface area contributed by atoms with Crippen molar-refractivity contribution >= 4 is 0 Å². The molecule has 0 N–H and O–H groups in total. The highest BCUT2D eigenvalue weighted by molar-refractivity contribution is 5.08. The van der Waals surface area contributed by atoms with Crippen molar-refractivity contribution in [2.75, 3.05) is 58.9 Å². The minimum absolute atomic E-state index is 0.761. The van der Waals surface area contributed by atoms with Gasteiger partial charge in [-0.1, -0.05) is 20.3 Å². The minimum Gasteiger partial charge on any atom is -0.302 e. The predicted octanol–water partition coefficient (Wildman–Crippen LogP) is 2.38. The third kappa shape index (κ3) is 3.09. The highest BCUT2D eigenvalue weighted by Crippen LogP contribution is 2.55. The van der Waals surface area contributed by atoms with Gasteiger partial charge in [0.1, 0.15) is 0 Å². The molecule has 4 rings (SSSR count). The summed E-state index contributed by atoms with van der Waals surface area (Å²) < 4.78 is 0. The summed E-state index contributed by atoms with van der Waals surface area (Å²) in [5, 5.41) is 0. The van der Waals surface area contributed by atoms with Crippen LogP contribution in [-0.4, -0.2) is 73.6 Å². The van der Waals surface area contributed by atoms with E-state index in [1.165, 1.54) is 84.6 Å². The van der Waals surface area contributed by atoms with Gasteiger partial charge in [0.15, 0.2) is 0 Å². The van der Waals surface area contributed by atoms with E-state index in [0.717, 1.165) is 23.2 Å². The number of hydrogen-bond acceptors (Lipinski definition) is 3. The Hall–Kier alpha value is -0.120. The number of nitrogens with zero attached hydrogens (tertiary/aromatic N) is 3. The average molecular weight is 306 g/mol. The predicted molar refractivity (Wildman–Crippen MR) is 92.0 cm³/mol. The summed E-state index contributed by atoms with van der Waals surface area (Å²) in [6.45, 7) is 16.8. The first-order chi connectivity index (χ1) is 10.7. The van der Waals surface area contributed by atoms with Crippen molar-refractivity contribution in [3.63, 3.8) is 0 Å². The zero-order chi connectivity index (χ0) is 15.2. The van der Waals surface area contributed by atoms with Gasteiger partial charge in [-0.15, -0.1) is 0 Å². The van der Waals surface area contributed by atoms with E-state index >= 15 is 0 Å². The lowest BCUT2D eigenvalue weighted by Gasteiger charge is -2.34. The Balaban J connectivity index is 1.18. The second-order valence-corrected chi connectivity index (χ2v) is 8.67. The maximum absolute atomic E-state index is 2.82. The van der Waals surface area contributed by atoms with Gasteiger partial charge in [0.25, 0.3) is 0 Å². The third-order valence-electron chi connectivity index (χ3n) is 7.12. The standard InChI is InChI=1S/C19H35N3/c1-3-5-19(6-7-19)15-22-13-17-16(18(17)14-22)12-21-10-8-20(4-2)9-11-21/h16-18H,3-15H2,1-2H3. The van der Waals surface area contributed by atoms with Crippen LogP contribution in [0.15, 0.2) is 0 Å². The molecule has 2 saturated heterocycles. The molecule has 0 bridgehead atoms. The lowest BCUT2D eigenvalue weighted by Crippen LogP contribution is -2.47. The Kier molecular flexibility index (Phi) is 4.25. The normalized spacial score (nSPS) is 38.2. The maximum atomic E-state index is 2.82. The fourth-order valence-corrected chi connectivity index (χ4v) is 5.39. The number of piperazine rings is 1. The van der Waals surface area contributed by atoms with Crippen LogP contribution in [0.2, 0.25) is 0 Å². The molecule has 3 nitrogen and oxygen atoms in total. The summed E-state index contributed by atoms with van der Waals surface area (Å²) in [7, 11) is 0. The molecule has 0 radical (unpaired) electrons. The summed E-state index contributed by atoms with van der Waals surface area (Å²) in [5.74, 6) is 3.16. The zero-order valence-corrected chi connectivity index (χ0v) is 14.8. The first-order valence-corrected chi connectivity index (χ1v) is 9.90. The molecule has 2 atom stereocenters. The van der Waals surface area contributed by atoms with Crippen molar-refractivity contribution < 1.29 is 0 Å². The van der Waals surface area contributed by atoms with E-state index < -0.39 is 0 Å². The van der Waals surface area contributed by atoms with Gasteiger partial charge in [-0.2, -0.15) is 0 Å². The van der Waals surface area contributed by atoms with E-state index in [2.05, 4.69) is 28.5 Å². The van der Waals surface area contributed by atoms with E-state index in [1.807, 2.05) is 0 Å². The Labute approximate surface area is 137 Å². The molecule has 0 amide bonds. The molecular weight excluding hydrogens is 270 g/mol. The van der Waals surface area contributed by atoms with Crippen molar-refractivity contribution in [1.82, 2.24) is 14.7 Å². The van der Waals surface area contributed by atoms with Crippen molar-refractivity contribution in [1.29, 1.82) is 0 Å². The van der Waals surface area contributed by atoms with Crippen molar-refractivity contribution in [2.45, 2.75) is 39.5 Å². The Morgan fingerprint density at radius 3 is 2.05 bits per heavy atom. The molecule has 0 aromatic heterocycles. The van der Waals surface area contributed by atoms with Crippen LogP contribution >= 0.6 is 0 Å². The van der Waals surface area contributed by atoms with Crippen LogP contribution in [0.4, 0.5) is 0 Å². The SMILES string of the molecule is CCCC1(CN2CC3C(CN4CCN(CC)CC4)C3C2)CC1. The molecule has 2 unspecified atom stereocenters. The van der Waals surface area contributed by atoms with Gasteiger partial charge in [-0.3, -0.25) is 0 Å². The van der Waals surface area contributed by atoms with Gasteiger partial charge in [0, 0.05) is 52.4 Å². The highest BCUT2D eigenvalue weighted by atomic mass is 15.3. The summed E-state index contributed by atoms with van der Waals surface area (Å²) in [5.41, 5.74) is 0.761. The molecule has 4 fully saturated rings. The first kappa shape index (κ1) is 15.4. The summed E-state index contributed by atoms with van der Waals surface area (Å²) >= 11 is 0. The summed E-state index contributed by atoms with van der Waals surface area (Å²) in [4.78, 5) is 8.16. The number of fused-ring (bicyclic) bond motifs is 1. The maximum Gasteiger partial charge on any atom is 0.0110 e. The number of hydrogen-bond donors (Lipinski definition) is 0. The van der Waals surface area contributed by atoms with E-state index in [4.69, 9.17) is 0 Å². The molecule has 22 heavy (non-hydrogen) atoms. The number of rotatable bonds is 7. The van der Waals surface area contributed by atoms with Gasteiger partial charge < -0.3 is 14.7 Å². The lowest BCUT2D eigenvalue weighted by molar-refractivity contribution is 0.124.